The standard InChI is InChI=1S/C20H12Cl2O4/c21-14-6-3-13(4-7-14)5-9-17(23)16-12-15(22)8-10-18(16)26-20(24)19-2-1-11-25-19/h1-12H. The summed E-state index contributed by atoms with van der Waals surface area (Å²) in [6.45, 7) is 0. The SMILES string of the molecule is O=C(Oc1ccc(Cl)cc1C(=O)C=Cc1ccc(Cl)cc1)c1ccco1. The molecule has 0 N–H and O–H groups in total. The van der Waals surface area contributed by atoms with Crippen LogP contribution in [0.3, 0.4) is 0 Å². The fourth-order valence-electron chi connectivity index (χ4n) is 2.16. The molecular weight excluding hydrogens is 375 g/mol. The number of allylic oxidation sites excluding steroid dienone is 1. The Morgan fingerprint density at radius 1 is 0.962 bits per heavy atom. The van der Waals surface area contributed by atoms with E-state index in [4.69, 9.17) is 32.4 Å². The minimum absolute atomic E-state index is 0.0371. The van der Waals surface area contributed by atoms with Crippen molar-refractivity contribution in [2.45, 2.75) is 0 Å². The number of hydrogen-bond donors (Lipinski definition) is 0. The van der Waals surface area contributed by atoms with Gasteiger partial charge >= 0.3 is 5.97 Å². The summed E-state index contributed by atoms with van der Waals surface area (Å²) in [5, 5.41) is 0.960. The summed E-state index contributed by atoms with van der Waals surface area (Å²) in [5.41, 5.74) is 0.974. The van der Waals surface area contributed by atoms with Crippen molar-refractivity contribution < 1.29 is 18.7 Å². The Bertz CT molecular complexity index is 958. The van der Waals surface area contributed by atoms with Crippen LogP contribution >= 0.6 is 23.2 Å². The van der Waals surface area contributed by atoms with Gasteiger partial charge in [-0.25, -0.2) is 4.79 Å². The second-order valence-electron chi connectivity index (χ2n) is 5.26. The Balaban J connectivity index is 1.83. The first-order chi connectivity index (χ1) is 12.5. The molecule has 2 aromatic carbocycles. The number of ether oxygens (including phenoxy) is 1. The van der Waals surface area contributed by atoms with Crippen molar-refractivity contribution in [3.05, 3.63) is 93.9 Å². The highest BCUT2D eigenvalue weighted by Gasteiger charge is 2.17. The zero-order valence-corrected chi connectivity index (χ0v) is 14.8. The maximum atomic E-state index is 12.5. The maximum Gasteiger partial charge on any atom is 0.379 e. The zero-order valence-electron chi connectivity index (χ0n) is 13.3. The van der Waals surface area contributed by atoms with Gasteiger partial charge in [-0.3, -0.25) is 4.79 Å². The molecule has 0 aliphatic heterocycles. The Labute approximate surface area is 159 Å². The second kappa shape index (κ2) is 8.04. The van der Waals surface area contributed by atoms with Crippen LogP contribution in [0.5, 0.6) is 5.75 Å². The van der Waals surface area contributed by atoms with Gasteiger partial charge in [0.2, 0.25) is 5.76 Å². The van der Waals surface area contributed by atoms with E-state index in [-0.39, 0.29) is 22.9 Å². The molecule has 0 amide bonds. The molecule has 0 saturated heterocycles. The average molecular weight is 387 g/mol. The normalized spacial score (nSPS) is 10.8. The molecule has 0 unspecified atom stereocenters. The summed E-state index contributed by atoms with van der Waals surface area (Å²) in [6.07, 6.45) is 4.37. The van der Waals surface area contributed by atoms with Crippen LogP contribution in [0.1, 0.15) is 26.5 Å². The third-order valence-electron chi connectivity index (χ3n) is 3.43. The first kappa shape index (κ1) is 18.0. The number of rotatable bonds is 5. The van der Waals surface area contributed by atoms with E-state index in [1.165, 1.54) is 36.6 Å². The van der Waals surface area contributed by atoms with Gasteiger partial charge in [0.1, 0.15) is 5.75 Å². The molecular formula is C20H12Cl2O4. The molecule has 0 aliphatic rings. The maximum absolute atomic E-state index is 12.5. The Morgan fingerprint density at radius 2 is 1.69 bits per heavy atom. The monoisotopic (exact) mass is 386 g/mol. The summed E-state index contributed by atoms with van der Waals surface area (Å²) in [6, 6.07) is 14.5. The Hall–Kier alpha value is -2.82. The number of hydrogen-bond acceptors (Lipinski definition) is 4. The molecule has 1 aromatic heterocycles. The molecule has 1 heterocycles. The predicted molar refractivity (Wildman–Crippen MR) is 99.9 cm³/mol. The van der Waals surface area contributed by atoms with Crippen LogP contribution in [-0.4, -0.2) is 11.8 Å². The van der Waals surface area contributed by atoms with E-state index >= 15 is 0 Å². The fourth-order valence-corrected chi connectivity index (χ4v) is 2.46. The second-order valence-corrected chi connectivity index (χ2v) is 6.13. The van der Waals surface area contributed by atoms with Gasteiger partial charge in [-0.15, -0.1) is 0 Å². The lowest BCUT2D eigenvalue weighted by molar-refractivity contribution is 0.0700. The first-order valence-corrected chi connectivity index (χ1v) is 8.32. The molecule has 0 aliphatic carbocycles. The zero-order chi connectivity index (χ0) is 18.5. The van der Waals surface area contributed by atoms with Crippen LogP contribution in [0, 0.1) is 0 Å². The first-order valence-electron chi connectivity index (χ1n) is 7.56. The molecule has 3 rings (SSSR count). The van der Waals surface area contributed by atoms with Gasteiger partial charge < -0.3 is 9.15 Å². The molecule has 26 heavy (non-hydrogen) atoms. The van der Waals surface area contributed by atoms with Gasteiger partial charge in [0.15, 0.2) is 5.78 Å². The number of halogens is 2. The predicted octanol–water partition coefficient (Wildman–Crippen LogP) is 5.70. The number of furan rings is 1. The van der Waals surface area contributed by atoms with E-state index in [0.29, 0.717) is 10.0 Å². The summed E-state index contributed by atoms with van der Waals surface area (Å²) in [4.78, 5) is 24.6. The van der Waals surface area contributed by atoms with E-state index < -0.39 is 5.97 Å². The van der Waals surface area contributed by atoms with Gasteiger partial charge in [0, 0.05) is 10.0 Å². The van der Waals surface area contributed by atoms with Crippen LogP contribution in [0.15, 0.2) is 71.4 Å². The summed E-state index contributed by atoms with van der Waals surface area (Å²) in [7, 11) is 0. The minimum atomic E-state index is -0.701. The molecule has 0 radical (unpaired) electrons. The van der Waals surface area contributed by atoms with Crippen LogP contribution < -0.4 is 4.74 Å². The van der Waals surface area contributed by atoms with Crippen LogP contribution in [0.2, 0.25) is 10.0 Å². The molecule has 4 nitrogen and oxygen atoms in total. The highest BCUT2D eigenvalue weighted by atomic mass is 35.5. The smallest absolute Gasteiger partial charge is 0.379 e. The third-order valence-corrected chi connectivity index (χ3v) is 3.92. The van der Waals surface area contributed by atoms with Crippen molar-refractivity contribution in [3.63, 3.8) is 0 Å². The molecule has 0 fully saturated rings. The van der Waals surface area contributed by atoms with Crippen molar-refractivity contribution in [3.8, 4) is 5.75 Å². The summed E-state index contributed by atoms with van der Waals surface area (Å²) < 4.78 is 10.3. The highest BCUT2D eigenvalue weighted by molar-refractivity contribution is 6.31. The van der Waals surface area contributed by atoms with Crippen molar-refractivity contribution in [2.75, 3.05) is 0 Å². The lowest BCUT2D eigenvalue weighted by atomic mass is 10.1. The quantitative estimate of drug-likeness (QED) is 0.244. The van der Waals surface area contributed by atoms with E-state index in [2.05, 4.69) is 0 Å². The molecule has 3 aromatic rings. The Morgan fingerprint density at radius 3 is 2.38 bits per heavy atom. The fraction of sp³-hybridized carbons (Fsp3) is 0. The highest BCUT2D eigenvalue weighted by Crippen LogP contribution is 2.25. The van der Waals surface area contributed by atoms with E-state index in [1.807, 2.05) is 0 Å². The number of carbonyl (C=O) groups excluding carboxylic acids is 2. The molecule has 0 spiro atoms. The van der Waals surface area contributed by atoms with E-state index in [9.17, 15) is 9.59 Å². The minimum Gasteiger partial charge on any atom is -0.457 e. The van der Waals surface area contributed by atoms with Crippen LogP contribution in [0.25, 0.3) is 6.08 Å². The molecule has 6 heteroatoms. The number of carbonyl (C=O) groups is 2. The number of benzene rings is 2. The molecule has 0 bridgehead atoms. The lowest BCUT2D eigenvalue weighted by Crippen LogP contribution is -2.10. The average Bonchev–Trinajstić information content (AvgIpc) is 3.17. The van der Waals surface area contributed by atoms with Crippen LogP contribution in [0.4, 0.5) is 0 Å². The van der Waals surface area contributed by atoms with E-state index in [0.717, 1.165) is 5.56 Å². The topological polar surface area (TPSA) is 56.5 Å². The number of ketones is 1. The molecule has 0 saturated carbocycles. The summed E-state index contributed by atoms with van der Waals surface area (Å²) >= 11 is 11.8. The summed E-state index contributed by atoms with van der Waals surface area (Å²) in [5.74, 6) is -0.922. The Kier molecular flexibility index (Phi) is 5.56. The van der Waals surface area contributed by atoms with Crippen molar-refractivity contribution >= 4 is 41.0 Å². The largest absolute Gasteiger partial charge is 0.457 e. The molecule has 130 valence electrons. The number of esters is 1. The van der Waals surface area contributed by atoms with Gasteiger partial charge in [0.25, 0.3) is 0 Å². The lowest BCUT2D eigenvalue weighted by Gasteiger charge is -2.07. The molecule has 0 atom stereocenters. The van der Waals surface area contributed by atoms with Crippen LogP contribution in [-0.2, 0) is 0 Å². The van der Waals surface area contributed by atoms with Gasteiger partial charge in [-0.1, -0.05) is 41.4 Å². The van der Waals surface area contributed by atoms with Crippen molar-refractivity contribution in [2.24, 2.45) is 0 Å². The van der Waals surface area contributed by atoms with E-state index in [1.54, 1.807) is 36.4 Å². The van der Waals surface area contributed by atoms with Gasteiger partial charge in [-0.05, 0) is 54.1 Å². The van der Waals surface area contributed by atoms with Crippen molar-refractivity contribution in [1.82, 2.24) is 0 Å². The van der Waals surface area contributed by atoms with Gasteiger partial charge in [0.05, 0.1) is 11.8 Å². The van der Waals surface area contributed by atoms with Crippen molar-refractivity contribution in [1.29, 1.82) is 0 Å². The van der Waals surface area contributed by atoms with Gasteiger partial charge in [-0.2, -0.15) is 0 Å². The third kappa shape index (κ3) is 4.42.